The van der Waals surface area contributed by atoms with Crippen molar-refractivity contribution in [3.05, 3.63) is 0 Å². The quantitative estimate of drug-likeness (QED) is 0.327. The van der Waals surface area contributed by atoms with Crippen LogP contribution in [0.25, 0.3) is 0 Å². The third-order valence-electron chi connectivity index (χ3n) is 2.27. The molecule has 0 aromatic rings. The van der Waals surface area contributed by atoms with Crippen LogP contribution in [0.1, 0.15) is 25.7 Å². The molecule has 74 valence electrons. The standard InChI is InChI=1S/C8H15N3O2/c9-8(10)11-6-3-1-2-4-7(6)13-5-12/h5-7H,1-4H2,(H4,9,10,11). The van der Waals surface area contributed by atoms with Crippen LogP contribution in [-0.2, 0) is 9.53 Å². The molecule has 4 N–H and O–H groups in total. The summed E-state index contributed by atoms with van der Waals surface area (Å²) in [4.78, 5) is 10.2. The molecule has 0 amide bonds. The predicted octanol–water partition coefficient (Wildman–Crippen LogP) is -0.0463. The first kappa shape index (κ1) is 9.83. The van der Waals surface area contributed by atoms with E-state index in [9.17, 15) is 4.79 Å². The van der Waals surface area contributed by atoms with E-state index in [0.717, 1.165) is 25.7 Å². The van der Waals surface area contributed by atoms with Gasteiger partial charge < -0.3 is 15.8 Å². The second-order valence-corrected chi connectivity index (χ2v) is 3.22. The summed E-state index contributed by atoms with van der Waals surface area (Å²) in [5.74, 6) is -0.0635. The van der Waals surface area contributed by atoms with Crippen LogP contribution in [0.2, 0.25) is 0 Å². The maximum atomic E-state index is 10.2. The van der Waals surface area contributed by atoms with Crippen molar-refractivity contribution in [2.24, 2.45) is 5.73 Å². The molecule has 0 spiro atoms. The summed E-state index contributed by atoms with van der Waals surface area (Å²) >= 11 is 0. The second kappa shape index (κ2) is 4.69. The molecule has 1 aliphatic rings. The number of guanidine groups is 1. The Kier molecular flexibility index (Phi) is 3.54. The molecule has 1 aliphatic carbocycles. The molecular weight excluding hydrogens is 170 g/mol. The summed E-state index contributed by atoms with van der Waals surface area (Å²) in [7, 11) is 0. The van der Waals surface area contributed by atoms with Gasteiger partial charge in [0.05, 0.1) is 6.04 Å². The van der Waals surface area contributed by atoms with E-state index in [1.54, 1.807) is 0 Å². The van der Waals surface area contributed by atoms with Crippen LogP contribution in [0.3, 0.4) is 0 Å². The molecule has 0 bridgehead atoms. The first-order chi connectivity index (χ1) is 6.24. The normalized spacial score (nSPS) is 27.7. The van der Waals surface area contributed by atoms with Crippen molar-refractivity contribution in [3.63, 3.8) is 0 Å². The molecule has 0 saturated heterocycles. The molecular formula is C8H15N3O2. The molecule has 0 aromatic carbocycles. The van der Waals surface area contributed by atoms with Crippen LogP contribution >= 0.6 is 0 Å². The van der Waals surface area contributed by atoms with Crippen molar-refractivity contribution in [2.45, 2.75) is 37.8 Å². The van der Waals surface area contributed by atoms with Crippen molar-refractivity contribution in [1.29, 1.82) is 5.41 Å². The van der Waals surface area contributed by atoms with Gasteiger partial charge in [-0.25, -0.2) is 0 Å². The van der Waals surface area contributed by atoms with Gasteiger partial charge in [0.25, 0.3) is 6.47 Å². The Balaban J connectivity index is 2.45. The van der Waals surface area contributed by atoms with Crippen molar-refractivity contribution >= 4 is 12.4 Å². The number of nitrogens with two attached hydrogens (primary N) is 1. The van der Waals surface area contributed by atoms with Crippen LogP contribution in [-0.4, -0.2) is 24.6 Å². The van der Waals surface area contributed by atoms with Crippen molar-refractivity contribution in [1.82, 2.24) is 5.32 Å². The predicted molar refractivity (Wildman–Crippen MR) is 48.2 cm³/mol. The van der Waals surface area contributed by atoms with Crippen LogP contribution in [0, 0.1) is 5.41 Å². The average molecular weight is 185 g/mol. The minimum Gasteiger partial charge on any atom is -0.462 e. The van der Waals surface area contributed by atoms with E-state index >= 15 is 0 Å². The Morgan fingerprint density at radius 2 is 2.23 bits per heavy atom. The zero-order valence-electron chi connectivity index (χ0n) is 7.45. The third-order valence-corrected chi connectivity index (χ3v) is 2.27. The minimum atomic E-state index is -0.129. The van der Waals surface area contributed by atoms with E-state index < -0.39 is 0 Å². The Hall–Kier alpha value is -1.26. The molecule has 0 aliphatic heterocycles. The maximum Gasteiger partial charge on any atom is 0.293 e. The molecule has 2 unspecified atom stereocenters. The zero-order chi connectivity index (χ0) is 9.68. The molecule has 0 aromatic heterocycles. The zero-order valence-corrected chi connectivity index (χ0v) is 7.45. The maximum absolute atomic E-state index is 10.2. The lowest BCUT2D eigenvalue weighted by Gasteiger charge is -2.30. The van der Waals surface area contributed by atoms with E-state index in [1.165, 1.54) is 0 Å². The van der Waals surface area contributed by atoms with Gasteiger partial charge in [0.15, 0.2) is 5.96 Å². The third kappa shape index (κ3) is 2.93. The summed E-state index contributed by atoms with van der Waals surface area (Å²) in [5, 5.41) is 9.87. The number of carbonyl (C=O) groups is 1. The largest absolute Gasteiger partial charge is 0.462 e. The summed E-state index contributed by atoms with van der Waals surface area (Å²) < 4.78 is 4.90. The van der Waals surface area contributed by atoms with Gasteiger partial charge in [-0.05, 0) is 19.3 Å². The molecule has 13 heavy (non-hydrogen) atoms. The van der Waals surface area contributed by atoms with Gasteiger partial charge in [0.2, 0.25) is 0 Å². The lowest BCUT2D eigenvalue weighted by Crippen LogP contribution is -2.48. The van der Waals surface area contributed by atoms with Crippen LogP contribution in [0.4, 0.5) is 0 Å². The van der Waals surface area contributed by atoms with Crippen molar-refractivity contribution in [2.75, 3.05) is 0 Å². The van der Waals surface area contributed by atoms with Gasteiger partial charge >= 0.3 is 0 Å². The van der Waals surface area contributed by atoms with Crippen molar-refractivity contribution < 1.29 is 9.53 Å². The Morgan fingerprint density at radius 3 is 2.85 bits per heavy atom. The Labute approximate surface area is 77.1 Å². The molecule has 0 radical (unpaired) electrons. The fourth-order valence-electron chi connectivity index (χ4n) is 1.70. The molecule has 5 nitrogen and oxygen atoms in total. The Morgan fingerprint density at radius 1 is 1.54 bits per heavy atom. The fourth-order valence-corrected chi connectivity index (χ4v) is 1.70. The number of rotatable bonds is 3. The minimum absolute atomic E-state index is 0.0106. The monoisotopic (exact) mass is 185 g/mol. The van der Waals surface area contributed by atoms with Crippen molar-refractivity contribution in [3.8, 4) is 0 Å². The van der Waals surface area contributed by atoms with E-state index in [4.69, 9.17) is 15.9 Å². The smallest absolute Gasteiger partial charge is 0.293 e. The van der Waals surface area contributed by atoms with Gasteiger partial charge in [0.1, 0.15) is 6.10 Å². The molecule has 5 heteroatoms. The van der Waals surface area contributed by atoms with Gasteiger partial charge in [-0.3, -0.25) is 10.2 Å². The van der Waals surface area contributed by atoms with E-state index in [0.29, 0.717) is 6.47 Å². The molecule has 1 rings (SSSR count). The number of carbonyl (C=O) groups excluding carboxylic acids is 1. The summed E-state index contributed by atoms with van der Waals surface area (Å²) in [5.41, 5.74) is 5.21. The van der Waals surface area contributed by atoms with Gasteiger partial charge in [-0.1, -0.05) is 6.42 Å². The highest BCUT2D eigenvalue weighted by atomic mass is 16.5. The van der Waals surface area contributed by atoms with E-state index in [1.807, 2.05) is 0 Å². The fraction of sp³-hybridized carbons (Fsp3) is 0.750. The summed E-state index contributed by atoms with van der Waals surface area (Å²) in [6, 6.07) is 0.0106. The Bertz CT molecular complexity index is 196. The first-order valence-corrected chi connectivity index (χ1v) is 4.43. The lowest BCUT2D eigenvalue weighted by atomic mass is 9.92. The van der Waals surface area contributed by atoms with Gasteiger partial charge in [-0.2, -0.15) is 0 Å². The van der Waals surface area contributed by atoms with E-state index in [2.05, 4.69) is 5.32 Å². The second-order valence-electron chi connectivity index (χ2n) is 3.22. The molecule has 1 fully saturated rings. The summed E-state index contributed by atoms with van der Waals surface area (Å²) in [6.45, 7) is 0.463. The highest BCUT2D eigenvalue weighted by molar-refractivity contribution is 5.74. The van der Waals surface area contributed by atoms with Crippen LogP contribution in [0.15, 0.2) is 0 Å². The number of hydrogen-bond donors (Lipinski definition) is 3. The lowest BCUT2D eigenvalue weighted by molar-refractivity contribution is -0.136. The highest BCUT2D eigenvalue weighted by Crippen LogP contribution is 2.20. The highest BCUT2D eigenvalue weighted by Gasteiger charge is 2.26. The molecule has 1 saturated carbocycles. The van der Waals surface area contributed by atoms with Crippen LogP contribution in [0.5, 0.6) is 0 Å². The number of ether oxygens (including phenoxy) is 1. The first-order valence-electron chi connectivity index (χ1n) is 4.43. The topological polar surface area (TPSA) is 88.2 Å². The summed E-state index contributed by atoms with van der Waals surface area (Å²) in [6.07, 6.45) is 3.77. The number of nitrogens with one attached hydrogen (secondary N) is 2. The molecule has 2 atom stereocenters. The average Bonchev–Trinajstić information content (AvgIpc) is 2.08. The SMILES string of the molecule is N=C(N)NC1CCCCC1OC=O. The number of hydrogen-bond acceptors (Lipinski definition) is 3. The van der Waals surface area contributed by atoms with E-state index in [-0.39, 0.29) is 18.1 Å². The van der Waals surface area contributed by atoms with Crippen LogP contribution < -0.4 is 11.1 Å². The molecule has 0 heterocycles. The van der Waals surface area contributed by atoms with Gasteiger partial charge in [-0.15, -0.1) is 0 Å². The van der Waals surface area contributed by atoms with Gasteiger partial charge in [0, 0.05) is 0 Å².